The van der Waals surface area contributed by atoms with E-state index in [4.69, 9.17) is 5.11 Å². The van der Waals surface area contributed by atoms with Gasteiger partial charge in [0.05, 0.1) is 6.54 Å². The van der Waals surface area contributed by atoms with Gasteiger partial charge in [0.15, 0.2) is 0 Å². The molecule has 1 N–H and O–H groups in total. The number of carbonyl (C=O) groups is 1. The molecule has 0 amide bonds. The van der Waals surface area contributed by atoms with Crippen molar-refractivity contribution in [3.8, 4) is 0 Å². The Kier molecular flexibility index (Phi) is 3.86. The molecule has 0 aromatic heterocycles. The smallest absolute Gasteiger partial charge is 0.317 e. The first-order valence-electron chi connectivity index (χ1n) is 4.95. The Balaban J connectivity index is 2.64. The summed E-state index contributed by atoms with van der Waals surface area (Å²) in [6, 6.07) is 6.22. The maximum Gasteiger partial charge on any atom is 0.317 e. The van der Waals surface area contributed by atoms with Crippen LogP contribution in [0.3, 0.4) is 0 Å². The molecule has 0 saturated carbocycles. The number of likely N-dealkylation sites (N-methyl/N-ethyl adjacent to an activating group) is 1. The summed E-state index contributed by atoms with van der Waals surface area (Å²) in [6.45, 7) is 4.89. The van der Waals surface area contributed by atoms with E-state index in [0.29, 0.717) is 6.54 Å². The van der Waals surface area contributed by atoms with Crippen molar-refractivity contribution in [1.82, 2.24) is 4.90 Å². The minimum absolute atomic E-state index is 0.0763. The molecule has 3 nitrogen and oxygen atoms in total. The Morgan fingerprint density at radius 2 is 2.00 bits per heavy atom. The van der Waals surface area contributed by atoms with Crippen molar-refractivity contribution in [3.05, 3.63) is 34.9 Å². The third-order valence-corrected chi connectivity index (χ3v) is 2.43. The fourth-order valence-corrected chi connectivity index (χ4v) is 1.50. The van der Waals surface area contributed by atoms with E-state index in [1.165, 1.54) is 11.1 Å². The lowest BCUT2D eigenvalue weighted by atomic mass is 10.1. The molecule has 15 heavy (non-hydrogen) atoms. The van der Waals surface area contributed by atoms with Gasteiger partial charge in [0, 0.05) is 6.54 Å². The largest absolute Gasteiger partial charge is 0.480 e. The second-order valence-corrected chi connectivity index (χ2v) is 3.98. The van der Waals surface area contributed by atoms with Gasteiger partial charge in [-0.3, -0.25) is 9.69 Å². The van der Waals surface area contributed by atoms with Crippen molar-refractivity contribution in [1.29, 1.82) is 0 Å². The second-order valence-electron chi connectivity index (χ2n) is 3.98. The number of rotatable bonds is 4. The molecule has 0 atom stereocenters. The fraction of sp³-hybridized carbons (Fsp3) is 0.417. The monoisotopic (exact) mass is 207 g/mol. The third kappa shape index (κ3) is 3.72. The molecule has 0 aliphatic heterocycles. The molecule has 1 rings (SSSR count). The molecule has 0 spiro atoms. The Labute approximate surface area is 90.3 Å². The SMILES string of the molecule is Cc1ccc(CN(C)CC(=O)O)cc1C. The number of aliphatic carboxylic acids is 1. The van der Waals surface area contributed by atoms with Crippen LogP contribution >= 0.6 is 0 Å². The van der Waals surface area contributed by atoms with Gasteiger partial charge in [-0.1, -0.05) is 18.2 Å². The van der Waals surface area contributed by atoms with Crippen LogP contribution < -0.4 is 0 Å². The van der Waals surface area contributed by atoms with Crippen LogP contribution in [-0.2, 0) is 11.3 Å². The highest BCUT2D eigenvalue weighted by molar-refractivity contribution is 5.69. The average molecular weight is 207 g/mol. The number of hydrogen-bond acceptors (Lipinski definition) is 2. The molecule has 3 heteroatoms. The lowest BCUT2D eigenvalue weighted by Crippen LogP contribution is -2.25. The lowest BCUT2D eigenvalue weighted by Gasteiger charge is -2.14. The molecule has 82 valence electrons. The van der Waals surface area contributed by atoms with Crippen molar-refractivity contribution in [3.63, 3.8) is 0 Å². The number of carboxylic acid groups (broad SMARTS) is 1. The van der Waals surface area contributed by atoms with Gasteiger partial charge in [-0.25, -0.2) is 0 Å². The zero-order chi connectivity index (χ0) is 11.4. The van der Waals surface area contributed by atoms with Gasteiger partial charge in [0.1, 0.15) is 0 Å². The van der Waals surface area contributed by atoms with E-state index in [-0.39, 0.29) is 6.54 Å². The van der Waals surface area contributed by atoms with E-state index in [1.54, 1.807) is 4.90 Å². The van der Waals surface area contributed by atoms with Crippen LogP contribution in [0.15, 0.2) is 18.2 Å². The van der Waals surface area contributed by atoms with Gasteiger partial charge < -0.3 is 5.11 Å². The standard InChI is InChI=1S/C12H17NO2/c1-9-4-5-11(6-10(9)2)7-13(3)8-12(14)15/h4-6H,7-8H2,1-3H3,(H,14,15). The molecule has 0 aliphatic rings. The number of carboxylic acids is 1. The second kappa shape index (κ2) is 4.94. The van der Waals surface area contributed by atoms with Crippen LogP contribution in [0, 0.1) is 13.8 Å². The molecule has 1 aromatic carbocycles. The predicted molar refractivity (Wildman–Crippen MR) is 59.9 cm³/mol. The molecule has 0 bridgehead atoms. The van der Waals surface area contributed by atoms with Crippen molar-refractivity contribution in [2.45, 2.75) is 20.4 Å². The first-order valence-corrected chi connectivity index (χ1v) is 4.95. The first kappa shape index (κ1) is 11.7. The lowest BCUT2D eigenvalue weighted by molar-refractivity contribution is -0.138. The number of benzene rings is 1. The molecule has 0 saturated heterocycles. The van der Waals surface area contributed by atoms with E-state index in [0.717, 1.165) is 5.56 Å². The van der Waals surface area contributed by atoms with E-state index in [2.05, 4.69) is 26.0 Å². The Hall–Kier alpha value is -1.35. The fourth-order valence-electron chi connectivity index (χ4n) is 1.50. The minimum atomic E-state index is -0.790. The van der Waals surface area contributed by atoms with Crippen LogP contribution in [0.4, 0.5) is 0 Å². The Bertz CT molecular complexity index is 361. The highest BCUT2D eigenvalue weighted by Gasteiger charge is 2.05. The van der Waals surface area contributed by atoms with Gasteiger partial charge >= 0.3 is 5.97 Å². The van der Waals surface area contributed by atoms with Crippen molar-refractivity contribution >= 4 is 5.97 Å². The van der Waals surface area contributed by atoms with E-state index in [9.17, 15) is 4.79 Å². The van der Waals surface area contributed by atoms with Gasteiger partial charge in [-0.15, -0.1) is 0 Å². The van der Waals surface area contributed by atoms with Crippen LogP contribution in [-0.4, -0.2) is 29.6 Å². The van der Waals surface area contributed by atoms with Gasteiger partial charge in [-0.05, 0) is 37.6 Å². The van der Waals surface area contributed by atoms with Gasteiger partial charge in [-0.2, -0.15) is 0 Å². The van der Waals surface area contributed by atoms with E-state index >= 15 is 0 Å². The molecule has 0 radical (unpaired) electrons. The maximum absolute atomic E-state index is 10.5. The number of nitrogens with zero attached hydrogens (tertiary/aromatic N) is 1. The van der Waals surface area contributed by atoms with Crippen molar-refractivity contribution in [2.24, 2.45) is 0 Å². The predicted octanol–water partition coefficient (Wildman–Crippen LogP) is 1.82. The summed E-state index contributed by atoms with van der Waals surface area (Å²) in [4.78, 5) is 12.3. The molecule has 0 aliphatic carbocycles. The summed E-state index contributed by atoms with van der Waals surface area (Å²) in [6.07, 6.45) is 0. The van der Waals surface area contributed by atoms with Crippen LogP contribution in [0.1, 0.15) is 16.7 Å². The summed E-state index contributed by atoms with van der Waals surface area (Å²) in [5.41, 5.74) is 3.66. The van der Waals surface area contributed by atoms with Crippen LogP contribution in [0.5, 0.6) is 0 Å². The molecule has 0 heterocycles. The van der Waals surface area contributed by atoms with Gasteiger partial charge in [0.25, 0.3) is 0 Å². The zero-order valence-electron chi connectivity index (χ0n) is 9.45. The van der Waals surface area contributed by atoms with Crippen LogP contribution in [0.2, 0.25) is 0 Å². The average Bonchev–Trinajstić information content (AvgIpc) is 2.10. The normalized spacial score (nSPS) is 10.7. The maximum atomic E-state index is 10.5. The number of hydrogen-bond donors (Lipinski definition) is 1. The highest BCUT2D eigenvalue weighted by Crippen LogP contribution is 2.11. The first-order chi connectivity index (χ1) is 6.99. The zero-order valence-corrected chi connectivity index (χ0v) is 9.45. The van der Waals surface area contributed by atoms with E-state index < -0.39 is 5.97 Å². The Morgan fingerprint density at radius 1 is 1.33 bits per heavy atom. The van der Waals surface area contributed by atoms with Crippen molar-refractivity contribution < 1.29 is 9.90 Å². The number of aryl methyl sites for hydroxylation is 2. The summed E-state index contributed by atoms with van der Waals surface area (Å²) < 4.78 is 0. The summed E-state index contributed by atoms with van der Waals surface area (Å²) >= 11 is 0. The summed E-state index contributed by atoms with van der Waals surface area (Å²) in [5.74, 6) is -0.790. The minimum Gasteiger partial charge on any atom is -0.480 e. The molecule has 0 fully saturated rings. The van der Waals surface area contributed by atoms with Gasteiger partial charge in [0.2, 0.25) is 0 Å². The molecule has 0 unspecified atom stereocenters. The quantitative estimate of drug-likeness (QED) is 0.818. The molecular formula is C12H17NO2. The summed E-state index contributed by atoms with van der Waals surface area (Å²) in [5, 5.41) is 8.62. The summed E-state index contributed by atoms with van der Waals surface area (Å²) in [7, 11) is 1.81. The van der Waals surface area contributed by atoms with E-state index in [1.807, 2.05) is 13.1 Å². The molecule has 1 aromatic rings. The topological polar surface area (TPSA) is 40.5 Å². The van der Waals surface area contributed by atoms with Crippen molar-refractivity contribution in [2.75, 3.05) is 13.6 Å². The third-order valence-electron chi connectivity index (χ3n) is 2.43. The highest BCUT2D eigenvalue weighted by atomic mass is 16.4. The molecular weight excluding hydrogens is 190 g/mol. The van der Waals surface area contributed by atoms with Crippen LogP contribution in [0.25, 0.3) is 0 Å². The Morgan fingerprint density at radius 3 is 2.53 bits per heavy atom.